The summed E-state index contributed by atoms with van der Waals surface area (Å²) in [6.45, 7) is 1.57. The van der Waals surface area contributed by atoms with Crippen LogP contribution in [0.15, 0.2) is 59.7 Å². The maximum atomic E-state index is 6.04. The lowest BCUT2D eigenvalue weighted by Crippen LogP contribution is -2.38. The lowest BCUT2D eigenvalue weighted by atomic mass is 9.65. The second-order valence-corrected chi connectivity index (χ2v) is 6.72. The molecule has 1 heterocycles. The molecule has 0 bridgehead atoms. The number of nitrogens with one attached hydrogen (secondary N) is 1. The first-order valence-corrected chi connectivity index (χ1v) is 8.73. The number of guanidine groups is 1. The van der Waals surface area contributed by atoms with E-state index in [1.807, 2.05) is 24.4 Å². The van der Waals surface area contributed by atoms with Gasteiger partial charge in [0.15, 0.2) is 5.96 Å². The Labute approximate surface area is 167 Å². The Hall–Kier alpha value is -1.63. The van der Waals surface area contributed by atoms with Crippen molar-refractivity contribution in [2.45, 2.75) is 32.1 Å². The summed E-state index contributed by atoms with van der Waals surface area (Å²) < 4.78 is 0. The topological polar surface area (TPSA) is 63.3 Å². The molecule has 0 amide bonds. The number of halogens is 1. The quantitative estimate of drug-likeness (QED) is 0.385. The highest BCUT2D eigenvalue weighted by molar-refractivity contribution is 14.0. The van der Waals surface area contributed by atoms with Crippen molar-refractivity contribution in [1.82, 2.24) is 10.3 Å². The SMILES string of the molecule is I.NC(=NCC1(Cc2ccccc2)CCC1)NCCc1ccccn1. The first kappa shape index (κ1) is 19.7. The van der Waals surface area contributed by atoms with Gasteiger partial charge in [0.2, 0.25) is 0 Å². The number of nitrogens with zero attached hydrogens (tertiary/aromatic N) is 2. The number of aromatic nitrogens is 1. The Balaban J connectivity index is 0.00000225. The number of aliphatic imine (C=N–C) groups is 1. The molecule has 1 fully saturated rings. The normalized spacial score (nSPS) is 15.8. The van der Waals surface area contributed by atoms with Gasteiger partial charge in [0, 0.05) is 31.4 Å². The van der Waals surface area contributed by atoms with E-state index in [9.17, 15) is 0 Å². The van der Waals surface area contributed by atoms with Gasteiger partial charge < -0.3 is 11.1 Å². The number of pyridine rings is 1. The van der Waals surface area contributed by atoms with Gasteiger partial charge >= 0.3 is 0 Å². The van der Waals surface area contributed by atoms with Gasteiger partial charge in [-0.15, -0.1) is 24.0 Å². The average Bonchev–Trinajstić information content (AvgIpc) is 2.59. The van der Waals surface area contributed by atoms with Crippen LogP contribution in [0, 0.1) is 5.41 Å². The molecule has 0 radical (unpaired) electrons. The molecule has 3 rings (SSSR count). The number of rotatable bonds is 7. The molecule has 5 heteroatoms. The van der Waals surface area contributed by atoms with Crippen LogP contribution in [0.4, 0.5) is 0 Å². The monoisotopic (exact) mass is 450 g/mol. The molecule has 2 aromatic rings. The second kappa shape index (κ2) is 9.75. The van der Waals surface area contributed by atoms with Gasteiger partial charge in [-0.2, -0.15) is 0 Å². The van der Waals surface area contributed by atoms with E-state index in [4.69, 9.17) is 5.73 Å². The van der Waals surface area contributed by atoms with E-state index < -0.39 is 0 Å². The van der Waals surface area contributed by atoms with Crippen LogP contribution in [0.3, 0.4) is 0 Å². The predicted octanol–water partition coefficient (Wildman–Crippen LogP) is 3.56. The molecule has 1 aliphatic carbocycles. The summed E-state index contributed by atoms with van der Waals surface area (Å²) in [7, 11) is 0. The van der Waals surface area contributed by atoms with Gasteiger partial charge in [0.25, 0.3) is 0 Å². The molecule has 1 aromatic heterocycles. The summed E-state index contributed by atoms with van der Waals surface area (Å²) in [5, 5.41) is 3.20. The fourth-order valence-corrected chi connectivity index (χ4v) is 3.27. The highest BCUT2D eigenvalue weighted by atomic mass is 127. The molecule has 3 N–H and O–H groups in total. The van der Waals surface area contributed by atoms with Crippen molar-refractivity contribution >= 4 is 29.9 Å². The molecule has 1 aliphatic rings. The van der Waals surface area contributed by atoms with Crippen LogP contribution in [0.2, 0.25) is 0 Å². The number of benzene rings is 1. The van der Waals surface area contributed by atoms with E-state index in [0.717, 1.165) is 31.6 Å². The van der Waals surface area contributed by atoms with Crippen LogP contribution < -0.4 is 11.1 Å². The van der Waals surface area contributed by atoms with Crippen molar-refractivity contribution in [3.05, 3.63) is 66.0 Å². The number of hydrogen-bond acceptors (Lipinski definition) is 2. The summed E-state index contributed by atoms with van der Waals surface area (Å²) in [4.78, 5) is 8.92. The molecule has 0 spiro atoms. The number of nitrogens with two attached hydrogens (primary N) is 1. The van der Waals surface area contributed by atoms with Gasteiger partial charge in [0.1, 0.15) is 0 Å². The minimum Gasteiger partial charge on any atom is -0.370 e. The van der Waals surface area contributed by atoms with Crippen LogP contribution in [0.5, 0.6) is 0 Å². The van der Waals surface area contributed by atoms with Crippen LogP contribution >= 0.6 is 24.0 Å². The molecule has 0 unspecified atom stereocenters. The van der Waals surface area contributed by atoms with Crippen LogP contribution in [-0.2, 0) is 12.8 Å². The number of hydrogen-bond donors (Lipinski definition) is 2. The zero-order valence-corrected chi connectivity index (χ0v) is 16.9. The highest BCUT2D eigenvalue weighted by Gasteiger charge is 2.36. The summed E-state index contributed by atoms with van der Waals surface area (Å²) in [5.41, 5.74) is 8.80. The minimum absolute atomic E-state index is 0. The van der Waals surface area contributed by atoms with E-state index in [-0.39, 0.29) is 24.0 Å². The molecule has 25 heavy (non-hydrogen) atoms. The molecular formula is C20H27IN4. The molecule has 134 valence electrons. The summed E-state index contributed by atoms with van der Waals surface area (Å²) in [5.74, 6) is 0.547. The maximum Gasteiger partial charge on any atom is 0.188 e. The van der Waals surface area contributed by atoms with Crippen molar-refractivity contribution in [1.29, 1.82) is 0 Å². The second-order valence-electron chi connectivity index (χ2n) is 6.72. The van der Waals surface area contributed by atoms with Gasteiger partial charge in [-0.25, -0.2) is 0 Å². The zero-order chi connectivity index (χ0) is 16.7. The molecule has 1 saturated carbocycles. The van der Waals surface area contributed by atoms with Crippen LogP contribution in [0.1, 0.15) is 30.5 Å². The molecule has 0 saturated heterocycles. The van der Waals surface area contributed by atoms with Crippen LogP contribution in [0.25, 0.3) is 0 Å². The molecule has 0 aliphatic heterocycles. The van der Waals surface area contributed by atoms with E-state index in [1.165, 1.54) is 24.8 Å². The fourth-order valence-electron chi connectivity index (χ4n) is 3.27. The molecule has 4 nitrogen and oxygen atoms in total. The fraction of sp³-hybridized carbons (Fsp3) is 0.400. The Morgan fingerprint density at radius 1 is 1.12 bits per heavy atom. The summed E-state index contributed by atoms with van der Waals surface area (Å²) in [6.07, 6.45) is 7.55. The van der Waals surface area contributed by atoms with E-state index >= 15 is 0 Å². The first-order chi connectivity index (χ1) is 11.8. The lowest BCUT2D eigenvalue weighted by molar-refractivity contribution is 0.145. The Bertz CT molecular complexity index is 654. The van der Waals surface area contributed by atoms with Gasteiger partial charge in [0.05, 0.1) is 0 Å². The van der Waals surface area contributed by atoms with Crippen molar-refractivity contribution in [2.75, 3.05) is 13.1 Å². The third kappa shape index (κ3) is 5.99. The molecule has 0 atom stereocenters. The van der Waals surface area contributed by atoms with Gasteiger partial charge in [-0.1, -0.05) is 42.8 Å². The largest absolute Gasteiger partial charge is 0.370 e. The van der Waals surface area contributed by atoms with Gasteiger partial charge in [-0.05, 0) is 42.4 Å². The van der Waals surface area contributed by atoms with Crippen molar-refractivity contribution in [3.63, 3.8) is 0 Å². The maximum absolute atomic E-state index is 6.04. The standard InChI is InChI=1S/C20H26N4.HI/c21-19(23-14-10-18-9-4-5-13-22-18)24-16-20(11-6-12-20)15-17-7-2-1-3-8-17;/h1-5,7-9,13H,6,10-12,14-16H2,(H3,21,23,24);1H. The van der Waals surface area contributed by atoms with E-state index in [2.05, 4.69) is 45.6 Å². The third-order valence-corrected chi connectivity index (χ3v) is 4.83. The Morgan fingerprint density at radius 2 is 1.88 bits per heavy atom. The first-order valence-electron chi connectivity index (χ1n) is 8.73. The van der Waals surface area contributed by atoms with E-state index in [0.29, 0.717) is 11.4 Å². The lowest BCUT2D eigenvalue weighted by Gasteiger charge is -2.41. The van der Waals surface area contributed by atoms with Crippen molar-refractivity contribution in [3.8, 4) is 0 Å². The third-order valence-electron chi connectivity index (χ3n) is 4.83. The van der Waals surface area contributed by atoms with Crippen molar-refractivity contribution in [2.24, 2.45) is 16.1 Å². The smallest absolute Gasteiger partial charge is 0.188 e. The highest BCUT2D eigenvalue weighted by Crippen LogP contribution is 2.43. The summed E-state index contributed by atoms with van der Waals surface area (Å²) >= 11 is 0. The summed E-state index contributed by atoms with van der Waals surface area (Å²) in [6, 6.07) is 16.7. The predicted molar refractivity (Wildman–Crippen MR) is 114 cm³/mol. The van der Waals surface area contributed by atoms with Gasteiger partial charge in [-0.3, -0.25) is 9.98 Å². The van der Waals surface area contributed by atoms with Crippen LogP contribution in [-0.4, -0.2) is 24.0 Å². The molecular weight excluding hydrogens is 423 g/mol. The minimum atomic E-state index is 0. The zero-order valence-electron chi connectivity index (χ0n) is 14.5. The van der Waals surface area contributed by atoms with Crippen molar-refractivity contribution < 1.29 is 0 Å². The molecule has 1 aromatic carbocycles. The average molecular weight is 450 g/mol. The van der Waals surface area contributed by atoms with E-state index in [1.54, 1.807) is 0 Å². The Kier molecular flexibility index (Phi) is 7.68. The Morgan fingerprint density at radius 3 is 2.52 bits per heavy atom.